The Hall–Kier alpha value is -3.32. The van der Waals surface area contributed by atoms with Crippen molar-refractivity contribution in [1.82, 2.24) is 0 Å². The maximum absolute atomic E-state index is 6.75. The van der Waals surface area contributed by atoms with E-state index >= 15 is 0 Å². The Morgan fingerprint density at radius 1 is 0.538 bits per heavy atom. The summed E-state index contributed by atoms with van der Waals surface area (Å²) in [5, 5.41) is 0. The van der Waals surface area contributed by atoms with Crippen LogP contribution in [-0.4, -0.2) is 0 Å². The molecule has 4 aromatic rings. The van der Waals surface area contributed by atoms with E-state index in [0.717, 1.165) is 27.9 Å². The lowest BCUT2D eigenvalue weighted by atomic mass is 9.86. The Morgan fingerprint density at radius 3 is 1.46 bits per heavy atom. The standard InChI is InChI=1S/C25H21N/c1-18-17-22(19-11-5-2-6-12-19)25(26)24(21-15-9-4-10-16-21)23(18)20-13-7-3-8-14-20/h2-17H,26H2,1H3. The predicted molar refractivity (Wildman–Crippen MR) is 112 cm³/mol. The van der Waals surface area contributed by atoms with Crippen molar-refractivity contribution in [3.8, 4) is 33.4 Å². The summed E-state index contributed by atoms with van der Waals surface area (Å²) in [6, 6.07) is 33.5. The van der Waals surface area contributed by atoms with Gasteiger partial charge in [0.15, 0.2) is 0 Å². The molecule has 0 heterocycles. The van der Waals surface area contributed by atoms with Crippen molar-refractivity contribution in [3.05, 3.63) is 103 Å². The fourth-order valence-corrected chi connectivity index (χ4v) is 3.57. The molecule has 126 valence electrons. The molecular formula is C25H21N. The summed E-state index contributed by atoms with van der Waals surface area (Å²) in [4.78, 5) is 0. The molecule has 0 aliphatic heterocycles. The van der Waals surface area contributed by atoms with E-state index in [0.29, 0.717) is 0 Å². The lowest BCUT2D eigenvalue weighted by molar-refractivity contribution is 1.44. The van der Waals surface area contributed by atoms with Crippen molar-refractivity contribution in [3.63, 3.8) is 0 Å². The van der Waals surface area contributed by atoms with Gasteiger partial charge in [-0.15, -0.1) is 0 Å². The molecule has 0 aromatic heterocycles. The van der Waals surface area contributed by atoms with Crippen molar-refractivity contribution in [1.29, 1.82) is 0 Å². The van der Waals surface area contributed by atoms with Gasteiger partial charge in [-0.1, -0.05) is 91.0 Å². The molecule has 0 radical (unpaired) electrons. The van der Waals surface area contributed by atoms with Crippen LogP contribution < -0.4 is 5.73 Å². The molecule has 4 rings (SSSR count). The molecule has 2 N–H and O–H groups in total. The first-order valence-corrected chi connectivity index (χ1v) is 8.85. The lowest BCUT2D eigenvalue weighted by Gasteiger charge is -2.20. The first-order chi connectivity index (χ1) is 12.8. The smallest absolute Gasteiger partial charge is 0.0479 e. The van der Waals surface area contributed by atoms with Gasteiger partial charge in [-0.3, -0.25) is 0 Å². The van der Waals surface area contributed by atoms with Gasteiger partial charge in [0.25, 0.3) is 0 Å². The van der Waals surface area contributed by atoms with E-state index in [4.69, 9.17) is 5.73 Å². The minimum Gasteiger partial charge on any atom is -0.398 e. The van der Waals surface area contributed by atoms with E-state index in [-0.39, 0.29) is 0 Å². The average molecular weight is 335 g/mol. The fraction of sp³-hybridized carbons (Fsp3) is 0.0400. The minimum atomic E-state index is 0.826. The zero-order chi connectivity index (χ0) is 17.9. The highest BCUT2D eigenvalue weighted by molar-refractivity contribution is 5.99. The predicted octanol–water partition coefficient (Wildman–Crippen LogP) is 6.58. The molecule has 0 saturated heterocycles. The molecule has 1 nitrogen and oxygen atoms in total. The zero-order valence-corrected chi connectivity index (χ0v) is 14.8. The SMILES string of the molecule is Cc1cc(-c2ccccc2)c(N)c(-c2ccccc2)c1-c1ccccc1. The van der Waals surface area contributed by atoms with Crippen LogP contribution in [0.5, 0.6) is 0 Å². The molecule has 0 aliphatic rings. The number of rotatable bonds is 3. The van der Waals surface area contributed by atoms with Crippen LogP contribution in [0.1, 0.15) is 5.56 Å². The fourth-order valence-electron chi connectivity index (χ4n) is 3.57. The minimum absolute atomic E-state index is 0.826. The van der Waals surface area contributed by atoms with Crippen molar-refractivity contribution >= 4 is 5.69 Å². The van der Waals surface area contributed by atoms with Gasteiger partial charge in [-0.25, -0.2) is 0 Å². The summed E-state index contributed by atoms with van der Waals surface area (Å²) in [7, 11) is 0. The zero-order valence-electron chi connectivity index (χ0n) is 14.8. The Balaban J connectivity index is 2.06. The Bertz CT molecular complexity index is 1020. The lowest BCUT2D eigenvalue weighted by Crippen LogP contribution is -1.99. The molecule has 0 amide bonds. The molecule has 0 saturated carbocycles. The second-order valence-corrected chi connectivity index (χ2v) is 6.50. The molecule has 0 unspecified atom stereocenters. The highest BCUT2D eigenvalue weighted by Crippen LogP contribution is 2.43. The first-order valence-electron chi connectivity index (χ1n) is 8.85. The van der Waals surface area contributed by atoms with Crippen LogP contribution in [0.15, 0.2) is 97.1 Å². The van der Waals surface area contributed by atoms with E-state index < -0.39 is 0 Å². The number of nitrogen functional groups attached to an aromatic ring is 1. The Morgan fingerprint density at radius 2 is 0.962 bits per heavy atom. The monoisotopic (exact) mass is 335 g/mol. The van der Waals surface area contributed by atoms with Gasteiger partial charge in [-0.05, 0) is 40.8 Å². The summed E-state index contributed by atoms with van der Waals surface area (Å²) >= 11 is 0. The highest BCUT2D eigenvalue weighted by atomic mass is 14.6. The van der Waals surface area contributed by atoms with Gasteiger partial charge < -0.3 is 5.73 Å². The summed E-state index contributed by atoms with van der Waals surface area (Å²) in [6.45, 7) is 2.17. The van der Waals surface area contributed by atoms with E-state index in [1.54, 1.807) is 0 Å². The second-order valence-electron chi connectivity index (χ2n) is 6.50. The Labute approximate surface area is 154 Å². The average Bonchev–Trinajstić information content (AvgIpc) is 2.71. The van der Waals surface area contributed by atoms with Crippen LogP contribution in [0.3, 0.4) is 0 Å². The quantitative estimate of drug-likeness (QED) is 0.421. The third-order valence-electron chi connectivity index (χ3n) is 4.77. The van der Waals surface area contributed by atoms with Gasteiger partial charge in [0, 0.05) is 16.8 Å². The highest BCUT2D eigenvalue weighted by Gasteiger charge is 2.17. The number of hydrogen-bond donors (Lipinski definition) is 1. The van der Waals surface area contributed by atoms with Gasteiger partial charge in [-0.2, -0.15) is 0 Å². The topological polar surface area (TPSA) is 26.0 Å². The van der Waals surface area contributed by atoms with Crippen LogP contribution in [0.25, 0.3) is 33.4 Å². The van der Waals surface area contributed by atoms with Crippen molar-refractivity contribution < 1.29 is 0 Å². The van der Waals surface area contributed by atoms with Crippen LogP contribution in [0.4, 0.5) is 5.69 Å². The Kier molecular flexibility index (Phi) is 4.28. The maximum Gasteiger partial charge on any atom is 0.0479 e. The summed E-state index contributed by atoms with van der Waals surface area (Å²) in [5.41, 5.74) is 15.7. The molecule has 0 bridgehead atoms. The number of nitrogens with two attached hydrogens (primary N) is 1. The molecule has 0 fully saturated rings. The van der Waals surface area contributed by atoms with E-state index in [9.17, 15) is 0 Å². The summed E-state index contributed by atoms with van der Waals surface area (Å²) in [5.74, 6) is 0. The van der Waals surface area contributed by atoms with Gasteiger partial charge in [0.1, 0.15) is 0 Å². The number of hydrogen-bond acceptors (Lipinski definition) is 1. The van der Waals surface area contributed by atoms with Crippen LogP contribution in [0, 0.1) is 6.92 Å². The number of aryl methyl sites for hydroxylation is 1. The van der Waals surface area contributed by atoms with E-state index in [2.05, 4.69) is 85.8 Å². The third-order valence-corrected chi connectivity index (χ3v) is 4.77. The first kappa shape index (κ1) is 16.2. The number of anilines is 1. The molecule has 0 aliphatic carbocycles. The largest absolute Gasteiger partial charge is 0.398 e. The van der Waals surface area contributed by atoms with Crippen molar-refractivity contribution in [2.24, 2.45) is 0 Å². The van der Waals surface area contributed by atoms with E-state index in [1.807, 2.05) is 18.2 Å². The van der Waals surface area contributed by atoms with Gasteiger partial charge >= 0.3 is 0 Å². The summed E-state index contributed by atoms with van der Waals surface area (Å²) < 4.78 is 0. The van der Waals surface area contributed by atoms with Crippen molar-refractivity contribution in [2.75, 3.05) is 5.73 Å². The van der Waals surface area contributed by atoms with Crippen LogP contribution in [-0.2, 0) is 0 Å². The normalized spacial score (nSPS) is 10.7. The maximum atomic E-state index is 6.75. The molecular weight excluding hydrogens is 314 g/mol. The molecule has 4 aromatic carbocycles. The number of benzene rings is 4. The van der Waals surface area contributed by atoms with Crippen LogP contribution in [0.2, 0.25) is 0 Å². The molecule has 26 heavy (non-hydrogen) atoms. The third kappa shape index (κ3) is 2.89. The van der Waals surface area contributed by atoms with E-state index in [1.165, 1.54) is 16.7 Å². The van der Waals surface area contributed by atoms with Crippen molar-refractivity contribution in [2.45, 2.75) is 6.92 Å². The summed E-state index contributed by atoms with van der Waals surface area (Å²) in [6.07, 6.45) is 0. The van der Waals surface area contributed by atoms with Crippen LogP contribution >= 0.6 is 0 Å². The van der Waals surface area contributed by atoms with Gasteiger partial charge in [0.05, 0.1) is 0 Å². The molecule has 0 atom stereocenters. The molecule has 1 heteroatoms. The second kappa shape index (κ2) is 6.89. The van der Waals surface area contributed by atoms with Gasteiger partial charge in [0.2, 0.25) is 0 Å². The molecule has 0 spiro atoms.